The first-order chi connectivity index (χ1) is 10.1. The fourth-order valence-electron chi connectivity index (χ4n) is 2.13. The number of benzene rings is 1. The molecule has 0 saturated heterocycles. The standard InChI is InChI=1S/C17H19FN2O/c1-3-13(2)20(12-14-8-5-4-6-9-14)17(21)15-10-7-11-19-16(15)18/h4-11,13H,3,12H2,1-2H3. The normalized spacial score (nSPS) is 12.0. The molecular weight excluding hydrogens is 267 g/mol. The molecule has 1 heterocycles. The van der Waals surface area contributed by atoms with Crippen LogP contribution in [0, 0.1) is 5.95 Å². The summed E-state index contributed by atoms with van der Waals surface area (Å²) in [7, 11) is 0. The highest BCUT2D eigenvalue weighted by molar-refractivity contribution is 5.94. The van der Waals surface area contributed by atoms with E-state index in [1.807, 2.05) is 44.2 Å². The lowest BCUT2D eigenvalue weighted by molar-refractivity contribution is 0.0665. The lowest BCUT2D eigenvalue weighted by Crippen LogP contribution is -2.38. The zero-order valence-electron chi connectivity index (χ0n) is 12.3. The lowest BCUT2D eigenvalue weighted by atomic mass is 10.1. The summed E-state index contributed by atoms with van der Waals surface area (Å²) in [5.74, 6) is -1.04. The minimum atomic E-state index is -0.719. The van der Waals surface area contributed by atoms with Gasteiger partial charge in [0.05, 0.1) is 5.56 Å². The Morgan fingerprint density at radius 2 is 1.95 bits per heavy atom. The molecule has 1 aromatic carbocycles. The van der Waals surface area contributed by atoms with Crippen molar-refractivity contribution in [3.8, 4) is 0 Å². The maximum atomic E-state index is 13.7. The third-order valence-electron chi connectivity index (χ3n) is 3.57. The van der Waals surface area contributed by atoms with Gasteiger partial charge in [0.1, 0.15) is 0 Å². The number of halogens is 1. The molecule has 0 aliphatic carbocycles. The fourth-order valence-corrected chi connectivity index (χ4v) is 2.13. The molecule has 0 radical (unpaired) electrons. The predicted molar refractivity (Wildman–Crippen MR) is 80.3 cm³/mol. The molecule has 0 fully saturated rings. The van der Waals surface area contributed by atoms with E-state index in [0.717, 1.165) is 12.0 Å². The maximum Gasteiger partial charge on any atom is 0.259 e. The van der Waals surface area contributed by atoms with E-state index in [1.165, 1.54) is 12.3 Å². The molecule has 2 rings (SSSR count). The van der Waals surface area contributed by atoms with Crippen molar-refractivity contribution in [3.63, 3.8) is 0 Å². The molecule has 0 aliphatic heterocycles. The summed E-state index contributed by atoms with van der Waals surface area (Å²) in [5.41, 5.74) is 1.05. The van der Waals surface area contributed by atoms with Gasteiger partial charge in [0, 0.05) is 18.8 Å². The Labute approximate surface area is 124 Å². The van der Waals surface area contributed by atoms with Crippen molar-refractivity contribution in [2.45, 2.75) is 32.9 Å². The first-order valence-corrected chi connectivity index (χ1v) is 7.09. The topological polar surface area (TPSA) is 33.2 Å². The van der Waals surface area contributed by atoms with Crippen molar-refractivity contribution in [1.82, 2.24) is 9.88 Å². The van der Waals surface area contributed by atoms with E-state index in [9.17, 15) is 9.18 Å². The fraction of sp³-hybridized carbons (Fsp3) is 0.294. The van der Waals surface area contributed by atoms with E-state index in [0.29, 0.717) is 6.54 Å². The zero-order valence-corrected chi connectivity index (χ0v) is 12.3. The highest BCUT2D eigenvalue weighted by Crippen LogP contribution is 2.16. The van der Waals surface area contributed by atoms with Crippen LogP contribution in [0.5, 0.6) is 0 Å². The number of nitrogens with zero attached hydrogens (tertiary/aromatic N) is 2. The molecule has 110 valence electrons. The molecule has 0 N–H and O–H groups in total. The second-order valence-corrected chi connectivity index (χ2v) is 5.02. The van der Waals surface area contributed by atoms with Crippen LogP contribution in [0.3, 0.4) is 0 Å². The Hall–Kier alpha value is -2.23. The minimum Gasteiger partial charge on any atom is -0.331 e. The minimum absolute atomic E-state index is 0.0220. The monoisotopic (exact) mass is 286 g/mol. The van der Waals surface area contributed by atoms with Crippen LogP contribution in [0.15, 0.2) is 48.7 Å². The number of hydrogen-bond donors (Lipinski definition) is 0. The summed E-state index contributed by atoms with van der Waals surface area (Å²) in [5, 5.41) is 0. The van der Waals surface area contributed by atoms with Gasteiger partial charge < -0.3 is 4.90 Å². The number of amides is 1. The molecule has 1 atom stereocenters. The van der Waals surface area contributed by atoms with E-state index in [2.05, 4.69) is 4.98 Å². The van der Waals surface area contributed by atoms with Crippen LogP contribution in [-0.4, -0.2) is 21.8 Å². The lowest BCUT2D eigenvalue weighted by Gasteiger charge is -2.29. The van der Waals surface area contributed by atoms with Crippen LogP contribution in [0.1, 0.15) is 36.2 Å². The quantitative estimate of drug-likeness (QED) is 0.786. The van der Waals surface area contributed by atoms with Crippen LogP contribution in [0.2, 0.25) is 0 Å². The second kappa shape index (κ2) is 6.97. The van der Waals surface area contributed by atoms with E-state index in [1.54, 1.807) is 11.0 Å². The van der Waals surface area contributed by atoms with Gasteiger partial charge in [0.25, 0.3) is 5.91 Å². The van der Waals surface area contributed by atoms with Crippen molar-refractivity contribution < 1.29 is 9.18 Å². The molecule has 1 unspecified atom stereocenters. The number of rotatable bonds is 5. The smallest absolute Gasteiger partial charge is 0.259 e. The maximum absolute atomic E-state index is 13.7. The van der Waals surface area contributed by atoms with Gasteiger partial charge in [0.2, 0.25) is 5.95 Å². The average molecular weight is 286 g/mol. The SMILES string of the molecule is CCC(C)N(Cc1ccccc1)C(=O)c1cccnc1F. The van der Waals surface area contributed by atoms with Crippen molar-refractivity contribution >= 4 is 5.91 Å². The first kappa shape index (κ1) is 15.2. The summed E-state index contributed by atoms with van der Waals surface area (Å²) in [6, 6.07) is 12.8. The average Bonchev–Trinajstić information content (AvgIpc) is 2.53. The van der Waals surface area contributed by atoms with Gasteiger partial charge in [0.15, 0.2) is 0 Å². The third kappa shape index (κ3) is 3.66. The van der Waals surface area contributed by atoms with Gasteiger partial charge in [-0.05, 0) is 31.0 Å². The highest BCUT2D eigenvalue weighted by Gasteiger charge is 2.23. The van der Waals surface area contributed by atoms with Gasteiger partial charge in [-0.2, -0.15) is 4.39 Å². The van der Waals surface area contributed by atoms with Crippen LogP contribution < -0.4 is 0 Å². The van der Waals surface area contributed by atoms with E-state index >= 15 is 0 Å². The predicted octanol–water partition coefficient (Wildman–Crippen LogP) is 3.66. The summed E-state index contributed by atoms with van der Waals surface area (Å²) < 4.78 is 13.7. The van der Waals surface area contributed by atoms with E-state index in [4.69, 9.17) is 0 Å². The van der Waals surface area contributed by atoms with Gasteiger partial charge in [-0.25, -0.2) is 4.98 Å². The number of carbonyl (C=O) groups is 1. The van der Waals surface area contributed by atoms with Crippen LogP contribution >= 0.6 is 0 Å². The zero-order chi connectivity index (χ0) is 15.2. The van der Waals surface area contributed by atoms with E-state index < -0.39 is 5.95 Å². The highest BCUT2D eigenvalue weighted by atomic mass is 19.1. The summed E-state index contributed by atoms with van der Waals surface area (Å²) in [6.45, 7) is 4.44. The molecule has 3 nitrogen and oxygen atoms in total. The molecule has 0 spiro atoms. The first-order valence-electron chi connectivity index (χ1n) is 7.09. The largest absolute Gasteiger partial charge is 0.331 e. The Bertz CT molecular complexity index is 601. The van der Waals surface area contributed by atoms with Gasteiger partial charge in [-0.3, -0.25) is 4.79 Å². The Morgan fingerprint density at radius 1 is 1.24 bits per heavy atom. The van der Waals surface area contributed by atoms with Crippen molar-refractivity contribution in [2.75, 3.05) is 0 Å². The molecule has 21 heavy (non-hydrogen) atoms. The third-order valence-corrected chi connectivity index (χ3v) is 3.57. The molecule has 0 saturated carbocycles. The van der Waals surface area contributed by atoms with Crippen LogP contribution in [0.4, 0.5) is 4.39 Å². The summed E-state index contributed by atoms with van der Waals surface area (Å²) >= 11 is 0. The van der Waals surface area contributed by atoms with Gasteiger partial charge in [-0.1, -0.05) is 37.3 Å². The van der Waals surface area contributed by atoms with Crippen molar-refractivity contribution in [2.24, 2.45) is 0 Å². The Kier molecular flexibility index (Phi) is 5.04. The number of aromatic nitrogens is 1. The molecule has 1 amide bonds. The number of carbonyl (C=O) groups excluding carboxylic acids is 1. The van der Waals surface area contributed by atoms with Gasteiger partial charge in [-0.15, -0.1) is 0 Å². The molecule has 1 aromatic heterocycles. The molecule has 4 heteroatoms. The van der Waals surface area contributed by atoms with Gasteiger partial charge >= 0.3 is 0 Å². The summed E-state index contributed by atoms with van der Waals surface area (Å²) in [4.78, 5) is 17.9. The second-order valence-electron chi connectivity index (χ2n) is 5.02. The Balaban J connectivity index is 2.28. The number of pyridine rings is 1. The number of hydrogen-bond acceptors (Lipinski definition) is 2. The molecular formula is C17H19FN2O. The van der Waals surface area contributed by atoms with Crippen molar-refractivity contribution in [3.05, 3.63) is 65.7 Å². The van der Waals surface area contributed by atoms with Crippen molar-refractivity contribution in [1.29, 1.82) is 0 Å². The summed E-state index contributed by atoms with van der Waals surface area (Å²) in [6.07, 6.45) is 2.15. The Morgan fingerprint density at radius 3 is 2.57 bits per heavy atom. The van der Waals surface area contributed by atoms with Crippen LogP contribution in [-0.2, 0) is 6.54 Å². The van der Waals surface area contributed by atoms with Crippen LogP contribution in [0.25, 0.3) is 0 Å². The molecule has 2 aromatic rings. The molecule has 0 aliphatic rings. The van der Waals surface area contributed by atoms with E-state index in [-0.39, 0.29) is 17.5 Å². The molecule has 0 bridgehead atoms.